The van der Waals surface area contributed by atoms with Gasteiger partial charge < -0.3 is 10.2 Å². The fourth-order valence-electron chi connectivity index (χ4n) is 8.44. The molecule has 1 saturated heterocycles. The number of hydrogen-bond donors (Lipinski definition) is 1. The van der Waals surface area contributed by atoms with Gasteiger partial charge in [-0.05, 0) is 80.8 Å². The summed E-state index contributed by atoms with van der Waals surface area (Å²) in [6.45, 7) is 6.70. The lowest BCUT2D eigenvalue weighted by Gasteiger charge is -2.59. The monoisotopic (exact) mass is 523 g/mol. The Morgan fingerprint density at radius 3 is 2.56 bits per heavy atom. The molecule has 1 aromatic heterocycles. The van der Waals surface area contributed by atoms with Gasteiger partial charge in [-0.1, -0.05) is 31.0 Å². The molecular formula is C27H33ClF3N3O2. The first kappa shape index (κ1) is 25.6. The van der Waals surface area contributed by atoms with Crippen molar-refractivity contribution in [1.82, 2.24) is 9.88 Å². The Morgan fingerprint density at radius 1 is 1.17 bits per heavy atom. The summed E-state index contributed by atoms with van der Waals surface area (Å²) in [6.07, 6.45) is 1.39. The Kier molecular flexibility index (Phi) is 6.01. The molecule has 36 heavy (non-hydrogen) atoms. The Balaban J connectivity index is 1.38. The smallest absolute Gasteiger partial charge is 0.323 e. The first-order valence-electron chi connectivity index (χ1n) is 12.8. The number of aromatic nitrogens is 1. The molecule has 0 aromatic carbocycles. The number of fused-ring (bicyclic) bond motifs is 5. The SMILES string of the molecule is CC1=C2N(C)C(=O)CC[C@]2(C)[C@H]2CC[C@]3(C)[C@@H](C(=O)Nc4ccc(C(F)(F)F)nc4Cl)CC[C@H]3[C@@H]2C1. The van der Waals surface area contributed by atoms with E-state index in [0.29, 0.717) is 24.2 Å². The van der Waals surface area contributed by atoms with E-state index in [4.69, 9.17) is 11.6 Å². The molecule has 3 fully saturated rings. The van der Waals surface area contributed by atoms with Gasteiger partial charge in [0.05, 0.1) is 5.69 Å². The maximum atomic E-state index is 13.4. The molecule has 5 nitrogen and oxygen atoms in total. The average molecular weight is 524 g/mol. The molecule has 2 saturated carbocycles. The maximum absolute atomic E-state index is 13.4. The quantitative estimate of drug-likeness (QED) is 0.439. The number of pyridine rings is 1. The number of likely N-dealkylation sites (tertiary alicyclic amines) is 1. The molecule has 0 bridgehead atoms. The van der Waals surface area contributed by atoms with Crippen LogP contribution >= 0.6 is 11.6 Å². The van der Waals surface area contributed by atoms with Crippen LogP contribution in [0.1, 0.15) is 71.4 Å². The fraction of sp³-hybridized carbons (Fsp3) is 0.667. The number of piperidine rings is 1. The molecule has 9 heteroatoms. The van der Waals surface area contributed by atoms with E-state index in [1.165, 1.54) is 17.3 Å². The van der Waals surface area contributed by atoms with E-state index in [1.807, 2.05) is 11.9 Å². The van der Waals surface area contributed by atoms with E-state index in [1.54, 1.807) is 0 Å². The van der Waals surface area contributed by atoms with Crippen molar-refractivity contribution >= 4 is 29.1 Å². The Labute approximate surface area is 214 Å². The third-order valence-electron chi connectivity index (χ3n) is 10.0. The molecule has 3 aliphatic carbocycles. The molecular weight excluding hydrogens is 491 g/mol. The minimum absolute atomic E-state index is 0.0310. The van der Waals surface area contributed by atoms with Gasteiger partial charge in [0.15, 0.2) is 5.15 Å². The highest BCUT2D eigenvalue weighted by Crippen LogP contribution is 2.67. The zero-order chi connectivity index (χ0) is 26.2. The van der Waals surface area contributed by atoms with Gasteiger partial charge in [0.25, 0.3) is 0 Å². The van der Waals surface area contributed by atoms with Crippen molar-refractivity contribution in [3.63, 3.8) is 0 Å². The van der Waals surface area contributed by atoms with Gasteiger partial charge in [-0.15, -0.1) is 0 Å². The van der Waals surface area contributed by atoms with Crippen molar-refractivity contribution in [2.75, 3.05) is 12.4 Å². The lowest BCUT2D eigenvalue weighted by atomic mass is 9.48. The highest BCUT2D eigenvalue weighted by atomic mass is 35.5. The predicted molar refractivity (Wildman–Crippen MR) is 131 cm³/mol. The second-order valence-electron chi connectivity index (χ2n) is 11.8. The summed E-state index contributed by atoms with van der Waals surface area (Å²) in [5, 5.41) is 2.42. The Bertz CT molecular complexity index is 1150. The number of carbonyl (C=O) groups is 2. The number of halogens is 4. The lowest BCUT2D eigenvalue weighted by molar-refractivity contribution is -0.141. The number of rotatable bonds is 2. The second kappa shape index (κ2) is 8.47. The molecule has 0 spiro atoms. The predicted octanol–water partition coefficient (Wildman–Crippen LogP) is 6.69. The third-order valence-corrected chi connectivity index (χ3v) is 10.3. The lowest BCUT2D eigenvalue weighted by Crippen LogP contribution is -2.54. The van der Waals surface area contributed by atoms with Crippen LogP contribution in [0.5, 0.6) is 0 Å². The van der Waals surface area contributed by atoms with Crippen LogP contribution in [-0.2, 0) is 15.8 Å². The molecule has 0 radical (unpaired) electrons. The normalized spacial score (nSPS) is 36.3. The zero-order valence-corrected chi connectivity index (χ0v) is 21.9. The van der Waals surface area contributed by atoms with Crippen LogP contribution in [0, 0.1) is 34.5 Å². The van der Waals surface area contributed by atoms with E-state index in [9.17, 15) is 22.8 Å². The van der Waals surface area contributed by atoms with Crippen LogP contribution in [0.2, 0.25) is 5.15 Å². The highest BCUT2D eigenvalue weighted by molar-refractivity contribution is 6.32. The van der Waals surface area contributed by atoms with Crippen molar-refractivity contribution in [3.8, 4) is 0 Å². The molecule has 2 heterocycles. The highest BCUT2D eigenvalue weighted by Gasteiger charge is 2.61. The van der Waals surface area contributed by atoms with E-state index >= 15 is 0 Å². The van der Waals surface area contributed by atoms with E-state index in [0.717, 1.165) is 44.6 Å². The fourth-order valence-corrected chi connectivity index (χ4v) is 8.65. The summed E-state index contributed by atoms with van der Waals surface area (Å²) in [5.41, 5.74) is 1.30. The molecule has 5 rings (SSSR count). The number of anilines is 1. The van der Waals surface area contributed by atoms with E-state index in [2.05, 4.69) is 31.1 Å². The summed E-state index contributed by atoms with van der Waals surface area (Å²) in [5.74, 6) is 1.06. The van der Waals surface area contributed by atoms with Crippen LogP contribution in [0.25, 0.3) is 0 Å². The van der Waals surface area contributed by atoms with Gasteiger partial charge in [-0.2, -0.15) is 13.2 Å². The van der Waals surface area contributed by atoms with Gasteiger partial charge in [0.1, 0.15) is 5.69 Å². The van der Waals surface area contributed by atoms with Crippen molar-refractivity contribution in [2.45, 2.75) is 71.9 Å². The molecule has 4 aliphatic rings. The van der Waals surface area contributed by atoms with Crippen LogP contribution in [0.15, 0.2) is 23.4 Å². The Hall–Kier alpha value is -2.09. The van der Waals surface area contributed by atoms with Crippen molar-refractivity contribution < 1.29 is 22.8 Å². The van der Waals surface area contributed by atoms with E-state index < -0.39 is 11.9 Å². The first-order valence-corrected chi connectivity index (χ1v) is 13.2. The topological polar surface area (TPSA) is 62.3 Å². The summed E-state index contributed by atoms with van der Waals surface area (Å²) in [7, 11) is 1.91. The number of allylic oxidation sites excluding steroid dienone is 2. The van der Waals surface area contributed by atoms with Gasteiger partial charge in [0, 0.05) is 30.5 Å². The largest absolute Gasteiger partial charge is 0.433 e. The molecule has 1 N–H and O–H groups in total. The number of carbonyl (C=O) groups excluding carboxylic acids is 2. The van der Waals surface area contributed by atoms with Gasteiger partial charge in [-0.3, -0.25) is 9.59 Å². The van der Waals surface area contributed by atoms with Crippen LogP contribution in [0.4, 0.5) is 18.9 Å². The standard InChI is InChI=1S/C27H33ClF3N3O2/c1-14-13-15-16-5-6-18(24(36)32-19-7-8-20(27(29,30)31)33-23(19)28)25(16,2)11-9-17(15)26(3)12-10-21(35)34(4)22(14)26/h7-8,15-18H,5-6,9-13H2,1-4H3,(H,32,36)/t15-,16-,17-,18+,25-,26+/m0/s1. The molecule has 196 valence electrons. The molecule has 6 atom stereocenters. The number of amides is 2. The van der Waals surface area contributed by atoms with Crippen molar-refractivity contribution in [1.29, 1.82) is 0 Å². The summed E-state index contributed by atoms with van der Waals surface area (Å²) < 4.78 is 38.8. The minimum atomic E-state index is -4.60. The van der Waals surface area contributed by atoms with Crippen molar-refractivity contribution in [3.05, 3.63) is 34.2 Å². The van der Waals surface area contributed by atoms with Crippen LogP contribution in [0.3, 0.4) is 0 Å². The van der Waals surface area contributed by atoms with Gasteiger partial charge >= 0.3 is 6.18 Å². The van der Waals surface area contributed by atoms with Crippen LogP contribution < -0.4 is 5.32 Å². The summed E-state index contributed by atoms with van der Waals surface area (Å²) in [6, 6.07) is 2.02. The van der Waals surface area contributed by atoms with Gasteiger partial charge in [0.2, 0.25) is 11.8 Å². The Morgan fingerprint density at radius 2 is 1.89 bits per heavy atom. The maximum Gasteiger partial charge on any atom is 0.433 e. The third kappa shape index (κ3) is 3.77. The number of nitrogens with zero attached hydrogens (tertiary/aromatic N) is 2. The minimum Gasteiger partial charge on any atom is -0.323 e. The number of alkyl halides is 3. The molecule has 1 aliphatic heterocycles. The number of nitrogens with one attached hydrogen (secondary N) is 1. The molecule has 2 amide bonds. The van der Waals surface area contributed by atoms with E-state index in [-0.39, 0.29) is 39.4 Å². The van der Waals surface area contributed by atoms with Crippen LogP contribution in [-0.4, -0.2) is 28.7 Å². The summed E-state index contributed by atoms with van der Waals surface area (Å²) in [4.78, 5) is 31.2. The molecule has 1 aromatic rings. The average Bonchev–Trinajstić information content (AvgIpc) is 3.15. The molecule has 0 unspecified atom stereocenters. The second-order valence-corrected chi connectivity index (χ2v) is 12.1. The summed E-state index contributed by atoms with van der Waals surface area (Å²) >= 11 is 6.01. The van der Waals surface area contributed by atoms with Gasteiger partial charge in [-0.25, -0.2) is 4.98 Å². The first-order chi connectivity index (χ1) is 16.8. The number of hydrogen-bond acceptors (Lipinski definition) is 3. The zero-order valence-electron chi connectivity index (χ0n) is 21.1. The van der Waals surface area contributed by atoms with Crippen molar-refractivity contribution in [2.24, 2.45) is 34.5 Å².